The van der Waals surface area contributed by atoms with Gasteiger partial charge in [-0.3, -0.25) is 14.9 Å². The van der Waals surface area contributed by atoms with Crippen molar-refractivity contribution < 1.29 is 36.0 Å². The number of hydrogen-bond donors (Lipinski definition) is 0. The number of carbonyl (C=O) groups excluding carboxylic acids is 1. The molecule has 1 aromatic heterocycles. The molecule has 0 N–H and O–H groups in total. The van der Waals surface area contributed by atoms with Crippen molar-refractivity contribution in [3.63, 3.8) is 0 Å². The maximum atomic E-state index is 13.2. The molecule has 0 saturated carbocycles. The number of sulfonamides is 1. The van der Waals surface area contributed by atoms with Crippen LogP contribution in [0.15, 0.2) is 40.6 Å². The summed E-state index contributed by atoms with van der Waals surface area (Å²) >= 11 is 0.905. The number of thiophene rings is 1. The molecule has 0 bridgehead atoms. The minimum atomic E-state index is -4.82. The average molecular weight is 478 g/mol. The summed E-state index contributed by atoms with van der Waals surface area (Å²) in [7, 11) is -4.39. The van der Waals surface area contributed by atoms with Crippen molar-refractivity contribution in [2.75, 3.05) is 13.1 Å². The third-order valence-corrected chi connectivity index (χ3v) is 7.68. The van der Waals surface area contributed by atoms with Gasteiger partial charge in [-0.05, 0) is 25.0 Å². The lowest BCUT2D eigenvalue weighted by Crippen LogP contribution is -2.41. The molecule has 3 rings (SSSR count). The van der Waals surface area contributed by atoms with Gasteiger partial charge in [0.25, 0.3) is 0 Å². The number of halogens is 3. The van der Waals surface area contributed by atoms with E-state index in [0.717, 1.165) is 27.8 Å². The summed E-state index contributed by atoms with van der Waals surface area (Å²) in [6, 6.07) is 5.27. The van der Waals surface area contributed by atoms with Gasteiger partial charge < -0.3 is 4.74 Å². The first-order chi connectivity index (χ1) is 14.5. The van der Waals surface area contributed by atoms with E-state index < -0.39 is 43.5 Å². The summed E-state index contributed by atoms with van der Waals surface area (Å²) in [5.74, 6) is -1.19. The van der Waals surface area contributed by atoms with E-state index >= 15 is 0 Å². The third-order valence-electron chi connectivity index (χ3n) is 4.80. The molecule has 1 aliphatic rings. The third kappa shape index (κ3) is 5.22. The highest BCUT2D eigenvalue weighted by Gasteiger charge is 2.40. The first-order valence-corrected chi connectivity index (χ1v) is 11.4. The number of benzene rings is 1. The van der Waals surface area contributed by atoms with Gasteiger partial charge in [0.15, 0.2) is 0 Å². The van der Waals surface area contributed by atoms with Gasteiger partial charge in [-0.15, -0.1) is 0 Å². The number of rotatable bonds is 6. The molecule has 168 valence electrons. The molecule has 1 fully saturated rings. The molecule has 2 aromatic rings. The summed E-state index contributed by atoms with van der Waals surface area (Å²) in [5.41, 5.74) is -0.768. The van der Waals surface area contributed by atoms with Crippen LogP contribution in [0.25, 0.3) is 0 Å². The summed E-state index contributed by atoms with van der Waals surface area (Å²) < 4.78 is 71.2. The van der Waals surface area contributed by atoms with Gasteiger partial charge in [-0.2, -0.15) is 17.5 Å². The number of ether oxygens (including phenoxy) is 1. The van der Waals surface area contributed by atoms with Crippen LogP contribution in [0.3, 0.4) is 0 Å². The lowest BCUT2D eigenvalue weighted by Gasteiger charge is -2.30. The van der Waals surface area contributed by atoms with E-state index in [1.807, 2.05) is 0 Å². The molecule has 0 atom stereocenters. The minimum absolute atomic E-state index is 0.0799. The molecule has 8 nitrogen and oxygen atoms in total. The van der Waals surface area contributed by atoms with Crippen molar-refractivity contribution in [3.05, 3.63) is 57.0 Å². The molecule has 1 saturated heterocycles. The molecule has 1 aliphatic heterocycles. The molecule has 0 unspecified atom stereocenters. The fourth-order valence-corrected chi connectivity index (χ4v) is 5.60. The van der Waals surface area contributed by atoms with Gasteiger partial charge in [0.1, 0.15) is 6.61 Å². The minimum Gasteiger partial charge on any atom is -0.461 e. The number of nitrogens with zero attached hydrogens (tertiary/aromatic N) is 2. The van der Waals surface area contributed by atoms with E-state index in [1.165, 1.54) is 17.5 Å². The highest BCUT2D eigenvalue weighted by Crippen LogP contribution is 2.36. The second-order valence-corrected chi connectivity index (χ2v) is 9.63. The van der Waals surface area contributed by atoms with Crippen LogP contribution in [0.4, 0.5) is 18.2 Å². The van der Waals surface area contributed by atoms with Gasteiger partial charge in [-0.25, -0.2) is 8.42 Å². The first-order valence-electron chi connectivity index (χ1n) is 9.05. The van der Waals surface area contributed by atoms with Gasteiger partial charge in [0, 0.05) is 30.1 Å². The highest BCUT2D eigenvalue weighted by molar-refractivity contribution is 7.89. The van der Waals surface area contributed by atoms with Crippen molar-refractivity contribution in [3.8, 4) is 0 Å². The van der Waals surface area contributed by atoms with Crippen LogP contribution in [-0.2, 0) is 32.3 Å². The maximum absolute atomic E-state index is 13.2. The number of alkyl halides is 3. The Balaban J connectivity index is 1.61. The van der Waals surface area contributed by atoms with Crippen LogP contribution in [0.1, 0.15) is 24.0 Å². The van der Waals surface area contributed by atoms with Crippen molar-refractivity contribution in [2.24, 2.45) is 5.92 Å². The van der Waals surface area contributed by atoms with Crippen LogP contribution in [0.5, 0.6) is 0 Å². The Morgan fingerprint density at radius 3 is 2.48 bits per heavy atom. The second-order valence-electron chi connectivity index (χ2n) is 6.83. The summed E-state index contributed by atoms with van der Waals surface area (Å²) in [5, 5.41) is 12.1. The predicted molar refractivity (Wildman–Crippen MR) is 104 cm³/mol. The van der Waals surface area contributed by atoms with Crippen molar-refractivity contribution >= 4 is 32.3 Å². The molecule has 2 heterocycles. The van der Waals surface area contributed by atoms with Crippen LogP contribution < -0.4 is 0 Å². The standard InChI is InChI=1S/C18H17F3N2O6S2/c19-18(20,21)14-3-1-2-4-15(14)31(27,28)22-7-5-13(6-8-22)17(24)29-10-12-9-16(23(25)26)30-11-12/h1-4,9,11,13H,5-8,10H2. The number of hydrogen-bond acceptors (Lipinski definition) is 7. The first kappa shape index (κ1) is 23.2. The van der Waals surface area contributed by atoms with Crippen LogP contribution in [0, 0.1) is 16.0 Å². The number of piperidine rings is 1. The van der Waals surface area contributed by atoms with E-state index in [-0.39, 0.29) is 37.5 Å². The average Bonchev–Trinajstić information content (AvgIpc) is 3.21. The summed E-state index contributed by atoms with van der Waals surface area (Å²) in [6.45, 7) is -0.406. The van der Waals surface area contributed by atoms with Gasteiger partial charge >= 0.3 is 17.1 Å². The Labute approximate surface area is 179 Å². The number of esters is 1. The monoisotopic (exact) mass is 478 g/mol. The largest absolute Gasteiger partial charge is 0.461 e. The highest BCUT2D eigenvalue weighted by atomic mass is 32.2. The maximum Gasteiger partial charge on any atom is 0.417 e. The Kier molecular flexibility index (Phi) is 6.67. The lowest BCUT2D eigenvalue weighted by atomic mass is 9.98. The topological polar surface area (TPSA) is 107 Å². The SMILES string of the molecule is O=C(OCc1csc([N+](=O)[O-])c1)C1CCN(S(=O)(=O)c2ccccc2C(F)(F)F)CC1. The van der Waals surface area contributed by atoms with E-state index in [4.69, 9.17) is 4.74 Å². The molecule has 0 radical (unpaired) electrons. The van der Waals surface area contributed by atoms with E-state index in [0.29, 0.717) is 11.6 Å². The summed E-state index contributed by atoms with van der Waals surface area (Å²) in [6.07, 6.45) is -4.63. The van der Waals surface area contributed by atoms with Gasteiger partial charge in [0.05, 0.1) is 21.3 Å². The van der Waals surface area contributed by atoms with Crippen LogP contribution in [0.2, 0.25) is 0 Å². The van der Waals surface area contributed by atoms with Crippen molar-refractivity contribution in [1.29, 1.82) is 0 Å². The van der Waals surface area contributed by atoms with E-state index in [2.05, 4.69) is 0 Å². The zero-order valence-corrected chi connectivity index (χ0v) is 17.5. The molecular weight excluding hydrogens is 461 g/mol. The van der Waals surface area contributed by atoms with Crippen LogP contribution >= 0.6 is 11.3 Å². The molecule has 31 heavy (non-hydrogen) atoms. The fraction of sp³-hybridized carbons (Fsp3) is 0.389. The predicted octanol–water partition coefficient (Wildman–Crippen LogP) is 3.82. The quantitative estimate of drug-likeness (QED) is 0.355. The molecular formula is C18H17F3N2O6S2. The van der Waals surface area contributed by atoms with E-state index in [9.17, 15) is 36.5 Å². The van der Waals surface area contributed by atoms with Crippen molar-refractivity contribution in [1.82, 2.24) is 4.31 Å². The molecule has 0 spiro atoms. The smallest absolute Gasteiger partial charge is 0.417 e. The Hall–Kier alpha value is -2.51. The zero-order valence-electron chi connectivity index (χ0n) is 15.9. The molecule has 1 aromatic carbocycles. The van der Waals surface area contributed by atoms with Crippen LogP contribution in [-0.4, -0.2) is 36.7 Å². The van der Waals surface area contributed by atoms with Gasteiger partial charge in [-0.1, -0.05) is 23.5 Å². The van der Waals surface area contributed by atoms with Crippen molar-refractivity contribution in [2.45, 2.75) is 30.5 Å². The number of carbonyl (C=O) groups is 1. The Bertz CT molecular complexity index is 1080. The fourth-order valence-electron chi connectivity index (χ4n) is 3.20. The number of nitro groups is 1. The normalized spacial score (nSPS) is 16.2. The summed E-state index contributed by atoms with van der Waals surface area (Å²) in [4.78, 5) is 21.6. The Morgan fingerprint density at radius 1 is 1.26 bits per heavy atom. The Morgan fingerprint density at radius 2 is 1.90 bits per heavy atom. The molecule has 0 aliphatic carbocycles. The van der Waals surface area contributed by atoms with E-state index in [1.54, 1.807) is 0 Å². The second kappa shape index (κ2) is 8.93. The molecule has 0 amide bonds. The molecule has 13 heteroatoms. The zero-order chi connectivity index (χ0) is 22.8. The van der Waals surface area contributed by atoms with Gasteiger partial charge in [0.2, 0.25) is 10.0 Å². The lowest BCUT2D eigenvalue weighted by molar-refractivity contribution is -0.380.